The zero-order chi connectivity index (χ0) is 14.5. The van der Waals surface area contributed by atoms with Gasteiger partial charge in [0.05, 0.1) is 5.75 Å². The van der Waals surface area contributed by atoms with Crippen LogP contribution in [-0.2, 0) is 15.6 Å². The maximum absolute atomic E-state index is 11.0. The van der Waals surface area contributed by atoms with Crippen molar-refractivity contribution >= 4 is 39.0 Å². The number of halogens is 1. The highest BCUT2D eigenvalue weighted by Crippen LogP contribution is 2.22. The Hall–Kier alpha value is -0.920. The van der Waals surface area contributed by atoms with Crippen LogP contribution in [-0.4, -0.2) is 37.2 Å². The van der Waals surface area contributed by atoms with Crippen molar-refractivity contribution in [3.63, 3.8) is 0 Å². The Bertz CT molecular complexity index is 573. The van der Waals surface area contributed by atoms with Gasteiger partial charge in [0, 0.05) is 28.3 Å². The third kappa shape index (κ3) is 5.71. The predicted octanol–water partition coefficient (Wildman–Crippen LogP) is 1.71. The second-order valence-electron chi connectivity index (χ2n) is 3.97. The number of amidine groups is 1. The van der Waals surface area contributed by atoms with Gasteiger partial charge in [0.1, 0.15) is 9.84 Å². The van der Waals surface area contributed by atoms with Crippen LogP contribution in [0.15, 0.2) is 23.4 Å². The van der Waals surface area contributed by atoms with Crippen molar-refractivity contribution in [1.29, 1.82) is 0 Å². The lowest BCUT2D eigenvalue weighted by atomic mass is 10.1. The van der Waals surface area contributed by atoms with E-state index in [2.05, 4.69) is 5.16 Å². The van der Waals surface area contributed by atoms with E-state index >= 15 is 0 Å². The topological polar surface area (TPSA) is 92.8 Å². The van der Waals surface area contributed by atoms with E-state index < -0.39 is 9.84 Å². The number of hydrogen-bond acceptors (Lipinski definition) is 5. The molecule has 0 aliphatic heterocycles. The molecule has 0 aliphatic rings. The van der Waals surface area contributed by atoms with Crippen LogP contribution >= 0.6 is 23.4 Å². The minimum absolute atomic E-state index is 0.00169. The second-order valence-corrected chi connectivity index (χ2v) is 7.75. The quantitative estimate of drug-likeness (QED) is 0.273. The summed E-state index contributed by atoms with van der Waals surface area (Å²) < 4.78 is 21.9. The van der Waals surface area contributed by atoms with Crippen molar-refractivity contribution in [2.24, 2.45) is 10.9 Å². The fourth-order valence-corrected chi connectivity index (χ4v) is 3.90. The van der Waals surface area contributed by atoms with Gasteiger partial charge < -0.3 is 10.9 Å². The van der Waals surface area contributed by atoms with E-state index in [0.29, 0.717) is 22.1 Å². The van der Waals surface area contributed by atoms with Crippen molar-refractivity contribution in [2.75, 3.05) is 17.8 Å². The summed E-state index contributed by atoms with van der Waals surface area (Å²) in [6.45, 7) is 0. The van der Waals surface area contributed by atoms with E-state index in [4.69, 9.17) is 22.5 Å². The monoisotopic (exact) mass is 322 g/mol. The lowest BCUT2D eigenvalue weighted by Gasteiger charge is -2.06. The lowest BCUT2D eigenvalue weighted by molar-refractivity contribution is 0.318. The number of rotatable bonds is 6. The number of nitrogens with zero attached hydrogens (tertiary/aromatic N) is 1. The smallest absolute Gasteiger partial charge is 0.170 e. The largest absolute Gasteiger partial charge is 0.409 e. The molecule has 0 amide bonds. The normalized spacial score (nSPS) is 12.6. The predicted molar refractivity (Wildman–Crippen MR) is 79.8 cm³/mol. The van der Waals surface area contributed by atoms with Gasteiger partial charge >= 0.3 is 0 Å². The van der Waals surface area contributed by atoms with Gasteiger partial charge in [-0.3, -0.25) is 0 Å². The Labute approximate surface area is 121 Å². The SMILES string of the molecule is CS(=O)(=O)CCSCc1ccc(/C(N)=N/O)cc1Cl. The molecule has 1 aromatic carbocycles. The van der Waals surface area contributed by atoms with Gasteiger partial charge in [0.25, 0.3) is 0 Å². The van der Waals surface area contributed by atoms with Gasteiger partial charge in [-0.1, -0.05) is 28.9 Å². The van der Waals surface area contributed by atoms with Crippen molar-refractivity contribution < 1.29 is 13.6 Å². The Morgan fingerprint density at radius 2 is 2.21 bits per heavy atom. The number of benzene rings is 1. The fourth-order valence-electron chi connectivity index (χ4n) is 1.27. The highest BCUT2D eigenvalue weighted by Gasteiger charge is 2.06. The fraction of sp³-hybridized carbons (Fsp3) is 0.364. The van der Waals surface area contributed by atoms with Gasteiger partial charge in [-0.25, -0.2) is 8.42 Å². The molecule has 1 aromatic rings. The Kier molecular flexibility index (Phi) is 5.96. The Balaban J connectivity index is 2.61. The highest BCUT2D eigenvalue weighted by molar-refractivity contribution is 7.99. The van der Waals surface area contributed by atoms with Crippen LogP contribution in [0.1, 0.15) is 11.1 Å². The first-order valence-corrected chi connectivity index (χ1v) is 8.94. The summed E-state index contributed by atoms with van der Waals surface area (Å²) in [6, 6.07) is 5.10. The first kappa shape index (κ1) is 16.1. The van der Waals surface area contributed by atoms with Gasteiger partial charge in [-0.05, 0) is 11.6 Å². The van der Waals surface area contributed by atoms with Gasteiger partial charge in [0.2, 0.25) is 0 Å². The molecule has 8 heteroatoms. The van der Waals surface area contributed by atoms with Gasteiger partial charge in [-0.15, -0.1) is 0 Å². The molecule has 0 radical (unpaired) electrons. The number of hydrogen-bond donors (Lipinski definition) is 2. The van der Waals surface area contributed by atoms with Crippen molar-refractivity contribution in [2.45, 2.75) is 5.75 Å². The molecule has 0 spiro atoms. The molecular formula is C11H15ClN2O3S2. The van der Waals surface area contributed by atoms with Crippen molar-refractivity contribution in [1.82, 2.24) is 0 Å². The zero-order valence-corrected chi connectivity index (χ0v) is 12.7. The van der Waals surface area contributed by atoms with E-state index in [1.54, 1.807) is 18.2 Å². The van der Waals surface area contributed by atoms with E-state index in [1.807, 2.05) is 0 Å². The standard InChI is InChI=1S/C11H15ClN2O3S2/c1-19(16,17)5-4-18-7-9-3-2-8(6-10(9)12)11(13)14-15/h2-3,6,15H,4-5,7H2,1H3,(H2,13,14). The van der Waals surface area contributed by atoms with E-state index in [0.717, 1.165) is 5.56 Å². The molecule has 0 aliphatic carbocycles. The molecule has 0 aromatic heterocycles. The molecule has 0 bridgehead atoms. The maximum atomic E-state index is 11.0. The van der Waals surface area contributed by atoms with Crippen molar-refractivity contribution in [3.05, 3.63) is 34.3 Å². The Morgan fingerprint density at radius 1 is 1.53 bits per heavy atom. The van der Waals surface area contributed by atoms with Gasteiger partial charge in [-0.2, -0.15) is 11.8 Å². The van der Waals surface area contributed by atoms with E-state index in [9.17, 15) is 8.42 Å². The van der Waals surface area contributed by atoms with Crippen LogP contribution in [0, 0.1) is 0 Å². The summed E-state index contributed by atoms with van der Waals surface area (Å²) in [5.41, 5.74) is 6.88. The van der Waals surface area contributed by atoms with Crippen LogP contribution < -0.4 is 5.73 Å². The lowest BCUT2D eigenvalue weighted by Crippen LogP contribution is -2.13. The average molecular weight is 323 g/mol. The van der Waals surface area contributed by atoms with Gasteiger partial charge in [0.15, 0.2) is 5.84 Å². The summed E-state index contributed by atoms with van der Waals surface area (Å²) >= 11 is 7.57. The molecule has 3 N–H and O–H groups in total. The minimum atomic E-state index is -2.92. The molecule has 0 heterocycles. The highest BCUT2D eigenvalue weighted by atomic mass is 35.5. The first-order valence-electron chi connectivity index (χ1n) is 5.35. The molecule has 0 unspecified atom stereocenters. The van der Waals surface area contributed by atoms with Crippen LogP contribution in [0.5, 0.6) is 0 Å². The van der Waals surface area contributed by atoms with E-state index in [-0.39, 0.29) is 11.6 Å². The van der Waals surface area contributed by atoms with E-state index in [1.165, 1.54) is 18.0 Å². The number of thioether (sulfide) groups is 1. The van der Waals surface area contributed by atoms with Crippen molar-refractivity contribution in [3.8, 4) is 0 Å². The molecule has 5 nitrogen and oxygen atoms in total. The molecule has 0 saturated heterocycles. The third-order valence-corrected chi connectivity index (χ3v) is 4.88. The summed E-state index contributed by atoms with van der Waals surface area (Å²) in [5, 5.41) is 12.0. The number of nitrogens with two attached hydrogens (primary N) is 1. The summed E-state index contributed by atoms with van der Waals surface area (Å²) in [5.74, 6) is 1.29. The molecule has 0 saturated carbocycles. The van der Waals surface area contributed by atoms with Crippen LogP contribution in [0.3, 0.4) is 0 Å². The number of sulfone groups is 1. The molecule has 19 heavy (non-hydrogen) atoms. The molecule has 1 rings (SSSR count). The average Bonchev–Trinajstić information content (AvgIpc) is 2.33. The number of oxime groups is 1. The molecular weight excluding hydrogens is 308 g/mol. The summed E-state index contributed by atoms with van der Waals surface area (Å²) in [7, 11) is -2.92. The summed E-state index contributed by atoms with van der Waals surface area (Å²) in [6.07, 6.45) is 1.21. The van der Waals surface area contributed by atoms with Crippen LogP contribution in [0.4, 0.5) is 0 Å². The molecule has 106 valence electrons. The first-order chi connectivity index (χ1) is 8.83. The minimum Gasteiger partial charge on any atom is -0.409 e. The zero-order valence-electron chi connectivity index (χ0n) is 10.3. The summed E-state index contributed by atoms with van der Waals surface area (Å²) in [4.78, 5) is 0. The third-order valence-electron chi connectivity index (χ3n) is 2.31. The second kappa shape index (κ2) is 7.02. The maximum Gasteiger partial charge on any atom is 0.170 e. The van der Waals surface area contributed by atoms with Crippen LogP contribution in [0.2, 0.25) is 5.02 Å². The van der Waals surface area contributed by atoms with Crippen LogP contribution in [0.25, 0.3) is 0 Å². The molecule has 0 fully saturated rings. The molecule has 0 atom stereocenters. The Morgan fingerprint density at radius 3 is 2.74 bits per heavy atom.